The zero-order valence-electron chi connectivity index (χ0n) is 16.0. The van der Waals surface area contributed by atoms with Gasteiger partial charge in [-0.3, -0.25) is 4.90 Å². The summed E-state index contributed by atoms with van der Waals surface area (Å²) in [7, 11) is 0. The highest BCUT2D eigenvalue weighted by Crippen LogP contribution is 2.28. The fraction of sp³-hybridized carbons (Fsp3) is 0.947. The molecule has 1 amide bonds. The van der Waals surface area contributed by atoms with Crippen molar-refractivity contribution in [1.29, 1.82) is 0 Å². The molecule has 1 saturated heterocycles. The Morgan fingerprint density at radius 3 is 2.29 bits per heavy atom. The van der Waals surface area contributed by atoms with Crippen molar-refractivity contribution in [3.8, 4) is 0 Å². The van der Waals surface area contributed by atoms with E-state index in [0.717, 1.165) is 13.1 Å². The maximum absolute atomic E-state index is 12.2. The van der Waals surface area contributed by atoms with Gasteiger partial charge in [0.25, 0.3) is 0 Å². The topological polar surface area (TPSA) is 53.0 Å². The van der Waals surface area contributed by atoms with E-state index in [9.17, 15) is 9.90 Å². The number of carbonyl (C=O) groups is 1. The molecular formula is C19H36N2O3. The average Bonchev–Trinajstić information content (AvgIpc) is 2.52. The SMILES string of the molecule is CCN(CC1(O)CCN(C(=O)OC(C)(C)C)CC1)C1CCCCC1. The number of amides is 1. The first kappa shape index (κ1) is 19.5. The molecule has 140 valence electrons. The van der Waals surface area contributed by atoms with E-state index in [1.165, 1.54) is 32.1 Å². The number of likely N-dealkylation sites (N-methyl/N-ethyl adjacent to an activating group) is 1. The van der Waals surface area contributed by atoms with Crippen molar-refractivity contribution in [1.82, 2.24) is 9.80 Å². The predicted octanol–water partition coefficient (Wildman–Crippen LogP) is 3.40. The number of likely N-dealkylation sites (tertiary alicyclic amines) is 1. The van der Waals surface area contributed by atoms with E-state index in [1.807, 2.05) is 20.8 Å². The molecule has 1 N–H and O–H groups in total. The summed E-state index contributed by atoms with van der Waals surface area (Å²) in [6, 6.07) is 0.622. The van der Waals surface area contributed by atoms with Crippen LogP contribution in [0.25, 0.3) is 0 Å². The van der Waals surface area contributed by atoms with E-state index in [1.54, 1.807) is 4.90 Å². The summed E-state index contributed by atoms with van der Waals surface area (Å²) in [5.74, 6) is 0. The molecule has 5 nitrogen and oxygen atoms in total. The van der Waals surface area contributed by atoms with Crippen molar-refractivity contribution in [3.63, 3.8) is 0 Å². The molecule has 0 radical (unpaired) electrons. The first-order valence-electron chi connectivity index (χ1n) is 9.67. The highest BCUT2D eigenvalue weighted by atomic mass is 16.6. The van der Waals surface area contributed by atoms with Gasteiger partial charge in [-0.1, -0.05) is 26.2 Å². The third kappa shape index (κ3) is 5.62. The first-order chi connectivity index (χ1) is 11.2. The predicted molar refractivity (Wildman–Crippen MR) is 96.1 cm³/mol. The molecule has 1 saturated carbocycles. The van der Waals surface area contributed by atoms with Gasteiger partial charge in [0.1, 0.15) is 5.60 Å². The van der Waals surface area contributed by atoms with Crippen LogP contribution in [0.1, 0.15) is 72.6 Å². The summed E-state index contributed by atoms with van der Waals surface area (Å²) < 4.78 is 5.44. The maximum Gasteiger partial charge on any atom is 0.410 e. The standard InChI is InChI=1S/C19H36N2O3/c1-5-20(16-9-7-6-8-10-16)15-19(23)11-13-21(14-12-19)17(22)24-18(2,3)4/h16,23H,5-15H2,1-4H3. The largest absolute Gasteiger partial charge is 0.444 e. The van der Waals surface area contributed by atoms with Gasteiger partial charge in [-0.05, 0) is 53.0 Å². The lowest BCUT2D eigenvalue weighted by molar-refractivity contribution is -0.0581. The Labute approximate surface area is 147 Å². The van der Waals surface area contributed by atoms with Gasteiger partial charge < -0.3 is 14.7 Å². The van der Waals surface area contributed by atoms with Crippen LogP contribution in [0.15, 0.2) is 0 Å². The Morgan fingerprint density at radius 1 is 1.21 bits per heavy atom. The Hall–Kier alpha value is -0.810. The number of hydrogen-bond donors (Lipinski definition) is 1. The van der Waals surface area contributed by atoms with E-state index in [2.05, 4.69) is 11.8 Å². The van der Waals surface area contributed by atoms with Crippen LogP contribution < -0.4 is 0 Å². The summed E-state index contributed by atoms with van der Waals surface area (Å²) >= 11 is 0. The number of rotatable bonds is 4. The number of nitrogens with zero attached hydrogens (tertiary/aromatic N) is 2. The van der Waals surface area contributed by atoms with Crippen molar-refractivity contribution in [2.24, 2.45) is 0 Å². The van der Waals surface area contributed by atoms with Crippen molar-refractivity contribution >= 4 is 6.09 Å². The van der Waals surface area contributed by atoms with Gasteiger partial charge in [-0.15, -0.1) is 0 Å². The van der Waals surface area contributed by atoms with E-state index in [-0.39, 0.29) is 6.09 Å². The van der Waals surface area contributed by atoms with Gasteiger partial charge in [-0.2, -0.15) is 0 Å². The molecule has 5 heteroatoms. The number of ether oxygens (including phenoxy) is 1. The molecule has 2 aliphatic rings. The Morgan fingerprint density at radius 2 is 1.79 bits per heavy atom. The summed E-state index contributed by atoms with van der Waals surface area (Å²) in [5, 5.41) is 11.0. The molecule has 0 bridgehead atoms. The van der Waals surface area contributed by atoms with Crippen molar-refractivity contribution in [3.05, 3.63) is 0 Å². The lowest BCUT2D eigenvalue weighted by Gasteiger charge is -2.43. The molecule has 0 spiro atoms. The van der Waals surface area contributed by atoms with Crippen LogP contribution in [0.4, 0.5) is 4.79 Å². The summed E-state index contributed by atoms with van der Waals surface area (Å²) in [6.45, 7) is 10.7. The summed E-state index contributed by atoms with van der Waals surface area (Å²) in [6.07, 6.45) is 7.50. The number of hydrogen-bond acceptors (Lipinski definition) is 4. The van der Waals surface area contributed by atoms with Crippen LogP contribution in [0.2, 0.25) is 0 Å². The minimum Gasteiger partial charge on any atom is -0.444 e. The molecule has 1 heterocycles. The second kappa shape index (κ2) is 8.05. The Bertz CT molecular complexity index is 405. The monoisotopic (exact) mass is 340 g/mol. The normalized spacial score (nSPS) is 22.7. The third-order valence-corrected chi connectivity index (χ3v) is 5.34. The molecule has 1 aliphatic carbocycles. The van der Waals surface area contributed by atoms with Gasteiger partial charge in [-0.25, -0.2) is 4.79 Å². The third-order valence-electron chi connectivity index (χ3n) is 5.34. The number of piperidine rings is 1. The van der Waals surface area contributed by atoms with Crippen molar-refractivity contribution in [2.75, 3.05) is 26.2 Å². The minimum atomic E-state index is -0.675. The van der Waals surface area contributed by atoms with Gasteiger partial charge in [0.05, 0.1) is 5.60 Å². The highest BCUT2D eigenvalue weighted by Gasteiger charge is 2.37. The van der Waals surface area contributed by atoms with Crippen LogP contribution in [0.5, 0.6) is 0 Å². The zero-order valence-corrected chi connectivity index (χ0v) is 16.0. The quantitative estimate of drug-likeness (QED) is 0.852. The highest BCUT2D eigenvalue weighted by molar-refractivity contribution is 5.68. The van der Waals surface area contributed by atoms with E-state index < -0.39 is 11.2 Å². The fourth-order valence-electron chi connectivity index (χ4n) is 3.91. The number of aliphatic hydroxyl groups is 1. The molecule has 0 unspecified atom stereocenters. The molecule has 2 fully saturated rings. The lowest BCUT2D eigenvalue weighted by atomic mass is 9.88. The van der Waals surface area contributed by atoms with Crippen molar-refractivity contribution < 1.29 is 14.6 Å². The maximum atomic E-state index is 12.2. The van der Waals surface area contributed by atoms with Crippen LogP contribution in [0, 0.1) is 0 Å². The van der Waals surface area contributed by atoms with Crippen LogP contribution >= 0.6 is 0 Å². The first-order valence-corrected chi connectivity index (χ1v) is 9.67. The van der Waals surface area contributed by atoms with E-state index in [0.29, 0.717) is 32.0 Å². The molecule has 24 heavy (non-hydrogen) atoms. The fourth-order valence-corrected chi connectivity index (χ4v) is 3.91. The second-order valence-corrected chi connectivity index (χ2v) is 8.55. The van der Waals surface area contributed by atoms with Crippen LogP contribution in [-0.4, -0.2) is 64.4 Å². The molecule has 0 aromatic heterocycles. The van der Waals surface area contributed by atoms with Gasteiger partial charge >= 0.3 is 6.09 Å². The molecule has 0 aromatic rings. The van der Waals surface area contributed by atoms with E-state index in [4.69, 9.17) is 4.74 Å². The molecule has 1 aliphatic heterocycles. The van der Waals surface area contributed by atoms with Gasteiger partial charge in [0.2, 0.25) is 0 Å². The van der Waals surface area contributed by atoms with Crippen LogP contribution in [0.3, 0.4) is 0 Å². The van der Waals surface area contributed by atoms with E-state index >= 15 is 0 Å². The number of carbonyl (C=O) groups excluding carboxylic acids is 1. The van der Waals surface area contributed by atoms with Crippen LogP contribution in [-0.2, 0) is 4.74 Å². The molecule has 2 rings (SSSR count). The Balaban J connectivity index is 1.85. The lowest BCUT2D eigenvalue weighted by Crippen LogP contribution is -2.54. The summed E-state index contributed by atoms with van der Waals surface area (Å²) in [4.78, 5) is 16.4. The van der Waals surface area contributed by atoms with Gasteiger partial charge in [0.15, 0.2) is 0 Å². The van der Waals surface area contributed by atoms with Crippen molar-refractivity contribution in [2.45, 2.75) is 89.9 Å². The molecular weight excluding hydrogens is 304 g/mol. The minimum absolute atomic E-state index is 0.260. The Kier molecular flexibility index (Phi) is 6.54. The second-order valence-electron chi connectivity index (χ2n) is 8.55. The average molecular weight is 341 g/mol. The molecule has 0 aromatic carbocycles. The summed E-state index contributed by atoms with van der Waals surface area (Å²) in [5.41, 5.74) is -1.14. The van der Waals surface area contributed by atoms with Gasteiger partial charge in [0, 0.05) is 25.7 Å². The zero-order chi connectivity index (χ0) is 17.8. The molecule has 0 atom stereocenters. The smallest absolute Gasteiger partial charge is 0.410 e.